The summed E-state index contributed by atoms with van der Waals surface area (Å²) in [5.41, 5.74) is 0.801. The molecule has 5 nitrogen and oxygen atoms in total. The minimum atomic E-state index is 0.0456. The predicted molar refractivity (Wildman–Crippen MR) is 83.4 cm³/mol. The largest absolute Gasteiger partial charge is 0.337 e. The fourth-order valence-corrected chi connectivity index (χ4v) is 4.14. The summed E-state index contributed by atoms with van der Waals surface area (Å²) in [6.07, 6.45) is 11.3. The molecule has 0 radical (unpaired) electrons. The number of hydrogen-bond donors (Lipinski definition) is 0. The van der Waals surface area contributed by atoms with Gasteiger partial charge >= 0.3 is 0 Å². The number of nitrogens with zero attached hydrogens (tertiary/aromatic N) is 4. The summed E-state index contributed by atoms with van der Waals surface area (Å²) in [5.74, 6) is 0.998. The molecule has 3 aliphatic rings. The van der Waals surface area contributed by atoms with Crippen LogP contribution in [-0.4, -0.2) is 58.4 Å². The van der Waals surface area contributed by atoms with Crippen LogP contribution in [0.25, 0.3) is 0 Å². The Balaban J connectivity index is 1.41. The number of amides is 1. The molecule has 3 fully saturated rings. The van der Waals surface area contributed by atoms with Crippen LogP contribution in [-0.2, 0) is 0 Å². The third kappa shape index (κ3) is 2.86. The van der Waals surface area contributed by atoms with Gasteiger partial charge in [-0.3, -0.25) is 9.78 Å². The van der Waals surface area contributed by atoms with Crippen LogP contribution in [0.4, 0.5) is 0 Å². The van der Waals surface area contributed by atoms with Crippen molar-refractivity contribution in [2.24, 2.45) is 11.3 Å². The third-order valence-electron chi connectivity index (χ3n) is 5.46. The molecule has 4 rings (SSSR count). The summed E-state index contributed by atoms with van der Waals surface area (Å²) in [7, 11) is 0. The Labute approximate surface area is 131 Å². The molecule has 0 aromatic carbocycles. The van der Waals surface area contributed by atoms with E-state index < -0.39 is 0 Å². The van der Waals surface area contributed by atoms with Crippen LogP contribution >= 0.6 is 0 Å². The van der Waals surface area contributed by atoms with E-state index in [9.17, 15) is 4.79 Å². The van der Waals surface area contributed by atoms with E-state index in [2.05, 4.69) is 14.9 Å². The van der Waals surface area contributed by atoms with Crippen LogP contribution in [0.2, 0.25) is 0 Å². The Kier molecular flexibility index (Phi) is 3.60. The first-order valence-corrected chi connectivity index (χ1v) is 8.52. The van der Waals surface area contributed by atoms with Crippen LogP contribution in [0.5, 0.6) is 0 Å². The lowest BCUT2D eigenvalue weighted by molar-refractivity contribution is 0.0676. The lowest BCUT2D eigenvalue weighted by Gasteiger charge is -2.40. The molecule has 1 aromatic rings. The highest BCUT2D eigenvalue weighted by molar-refractivity contribution is 5.92. The molecule has 0 unspecified atom stereocenters. The van der Waals surface area contributed by atoms with Crippen LogP contribution in [0.3, 0.4) is 0 Å². The van der Waals surface area contributed by atoms with Gasteiger partial charge < -0.3 is 9.80 Å². The van der Waals surface area contributed by atoms with Gasteiger partial charge in [0.25, 0.3) is 5.91 Å². The molecule has 1 aliphatic carbocycles. The van der Waals surface area contributed by atoms with Gasteiger partial charge in [-0.1, -0.05) is 0 Å². The molecule has 1 atom stereocenters. The number of carbonyl (C=O) groups is 1. The Morgan fingerprint density at radius 3 is 2.91 bits per heavy atom. The highest BCUT2D eigenvalue weighted by atomic mass is 16.2. The van der Waals surface area contributed by atoms with E-state index in [-0.39, 0.29) is 5.91 Å². The molecular formula is C17H24N4O. The first kappa shape index (κ1) is 14.1. The zero-order valence-electron chi connectivity index (χ0n) is 13.1. The highest BCUT2D eigenvalue weighted by Gasteiger charge is 2.43. The van der Waals surface area contributed by atoms with Gasteiger partial charge in [0.05, 0.1) is 6.20 Å². The van der Waals surface area contributed by atoms with E-state index in [4.69, 9.17) is 0 Å². The van der Waals surface area contributed by atoms with E-state index in [1.54, 1.807) is 18.6 Å². The average Bonchev–Trinajstić information content (AvgIpc) is 3.27. The normalized spacial score (nSPS) is 29.2. The van der Waals surface area contributed by atoms with Crippen LogP contribution < -0.4 is 0 Å². The smallest absolute Gasteiger partial charge is 0.274 e. The fraction of sp³-hybridized carbons (Fsp3) is 0.706. The predicted octanol–water partition coefficient (Wildman–Crippen LogP) is 1.81. The second-order valence-corrected chi connectivity index (χ2v) is 7.35. The molecular weight excluding hydrogens is 276 g/mol. The molecule has 22 heavy (non-hydrogen) atoms. The van der Waals surface area contributed by atoms with Gasteiger partial charge in [-0.05, 0) is 44.6 Å². The first-order chi connectivity index (χ1) is 10.7. The molecule has 1 saturated carbocycles. The molecule has 5 heteroatoms. The van der Waals surface area contributed by atoms with Crippen molar-refractivity contribution >= 4 is 5.91 Å². The molecule has 0 N–H and O–H groups in total. The summed E-state index contributed by atoms with van der Waals surface area (Å²) < 4.78 is 0. The summed E-state index contributed by atoms with van der Waals surface area (Å²) in [4.78, 5) is 25.4. The maximum absolute atomic E-state index is 12.6. The molecule has 1 spiro atoms. The number of rotatable bonds is 3. The molecule has 1 amide bonds. The van der Waals surface area contributed by atoms with E-state index in [1.165, 1.54) is 45.3 Å². The van der Waals surface area contributed by atoms with Gasteiger partial charge in [0.2, 0.25) is 0 Å². The molecule has 3 heterocycles. The van der Waals surface area contributed by atoms with Crippen molar-refractivity contribution in [1.82, 2.24) is 19.8 Å². The summed E-state index contributed by atoms with van der Waals surface area (Å²) in [5, 5.41) is 0. The lowest BCUT2D eigenvalue weighted by Crippen LogP contribution is -2.46. The van der Waals surface area contributed by atoms with Crippen molar-refractivity contribution in [3.8, 4) is 0 Å². The minimum absolute atomic E-state index is 0.0456. The summed E-state index contributed by atoms with van der Waals surface area (Å²) in [6, 6.07) is 0. The van der Waals surface area contributed by atoms with Crippen LogP contribution in [0.15, 0.2) is 18.6 Å². The molecule has 118 valence electrons. The Morgan fingerprint density at radius 1 is 1.23 bits per heavy atom. The zero-order chi connectivity index (χ0) is 15.0. The molecule has 1 aromatic heterocycles. The quantitative estimate of drug-likeness (QED) is 0.854. The number of likely N-dealkylation sites (tertiary alicyclic amines) is 2. The summed E-state index contributed by atoms with van der Waals surface area (Å²) in [6.45, 7) is 5.46. The van der Waals surface area contributed by atoms with Gasteiger partial charge in [0.15, 0.2) is 0 Å². The van der Waals surface area contributed by atoms with Gasteiger partial charge in [-0.15, -0.1) is 0 Å². The van der Waals surface area contributed by atoms with E-state index in [0.29, 0.717) is 11.1 Å². The SMILES string of the molecule is O=C(c1cnccn1)N1CC[C@@]2(CCCN(CC3CC3)C2)C1. The topological polar surface area (TPSA) is 49.3 Å². The zero-order valence-corrected chi connectivity index (χ0v) is 13.1. The lowest BCUT2D eigenvalue weighted by atomic mass is 9.79. The number of piperidine rings is 1. The van der Waals surface area contributed by atoms with Crippen LogP contribution in [0.1, 0.15) is 42.6 Å². The average molecular weight is 300 g/mol. The first-order valence-electron chi connectivity index (χ1n) is 8.52. The van der Waals surface area contributed by atoms with Crippen molar-refractivity contribution in [3.05, 3.63) is 24.3 Å². The number of aromatic nitrogens is 2. The van der Waals surface area contributed by atoms with Gasteiger partial charge in [0, 0.05) is 44.0 Å². The van der Waals surface area contributed by atoms with E-state index in [0.717, 1.165) is 25.4 Å². The second-order valence-electron chi connectivity index (χ2n) is 7.35. The van der Waals surface area contributed by atoms with Gasteiger partial charge in [-0.25, -0.2) is 4.98 Å². The molecule has 2 saturated heterocycles. The number of hydrogen-bond acceptors (Lipinski definition) is 4. The van der Waals surface area contributed by atoms with Gasteiger partial charge in [0.1, 0.15) is 5.69 Å². The number of carbonyl (C=O) groups excluding carboxylic acids is 1. The fourth-order valence-electron chi connectivity index (χ4n) is 4.14. The van der Waals surface area contributed by atoms with Crippen molar-refractivity contribution in [3.63, 3.8) is 0 Å². The Hall–Kier alpha value is -1.49. The minimum Gasteiger partial charge on any atom is -0.337 e. The van der Waals surface area contributed by atoms with Crippen LogP contribution in [0, 0.1) is 11.3 Å². The second kappa shape index (κ2) is 5.61. The third-order valence-corrected chi connectivity index (χ3v) is 5.46. The maximum atomic E-state index is 12.6. The van der Waals surface area contributed by atoms with Crippen molar-refractivity contribution in [2.45, 2.75) is 32.1 Å². The standard InChI is InChI=1S/C17H24N4O/c22-16(15-10-18-6-7-19-15)21-9-5-17(13-21)4-1-8-20(12-17)11-14-2-3-14/h6-7,10,14H,1-5,8-9,11-13H2/t17-/m1/s1. The van der Waals surface area contributed by atoms with Gasteiger partial charge in [-0.2, -0.15) is 0 Å². The summed E-state index contributed by atoms with van der Waals surface area (Å²) >= 11 is 0. The van der Waals surface area contributed by atoms with Crippen molar-refractivity contribution in [2.75, 3.05) is 32.7 Å². The highest BCUT2D eigenvalue weighted by Crippen LogP contribution is 2.40. The molecule has 2 aliphatic heterocycles. The molecule has 0 bridgehead atoms. The maximum Gasteiger partial charge on any atom is 0.274 e. The van der Waals surface area contributed by atoms with E-state index in [1.807, 2.05) is 4.90 Å². The monoisotopic (exact) mass is 300 g/mol. The Morgan fingerprint density at radius 2 is 2.14 bits per heavy atom. The van der Waals surface area contributed by atoms with E-state index >= 15 is 0 Å². The Bertz CT molecular complexity index is 545. The van der Waals surface area contributed by atoms with Crippen molar-refractivity contribution < 1.29 is 4.79 Å². The van der Waals surface area contributed by atoms with Crippen molar-refractivity contribution in [1.29, 1.82) is 0 Å².